The molecule has 1 atom stereocenters. The Bertz CT molecular complexity index is 705. The highest BCUT2D eigenvalue weighted by Crippen LogP contribution is 2.19. The maximum absolute atomic E-state index is 10.5. The second kappa shape index (κ2) is 6.18. The van der Waals surface area contributed by atoms with E-state index in [4.69, 9.17) is 4.74 Å². The number of para-hydroxylation sites is 2. The topological polar surface area (TPSA) is 86.4 Å². The van der Waals surface area contributed by atoms with Crippen LogP contribution in [-0.2, 0) is 4.74 Å². The molecule has 0 spiro atoms. The van der Waals surface area contributed by atoms with E-state index in [1.807, 2.05) is 31.2 Å². The van der Waals surface area contributed by atoms with Gasteiger partial charge >= 0.3 is 0 Å². The normalized spacial score (nSPS) is 18.7. The van der Waals surface area contributed by atoms with Crippen LogP contribution in [0.1, 0.15) is 12.7 Å². The molecule has 1 fully saturated rings. The average Bonchev–Trinajstić information content (AvgIpc) is 2.99. The van der Waals surface area contributed by atoms with Gasteiger partial charge in [0.05, 0.1) is 24.2 Å². The number of benzene rings is 1. The first-order valence-electron chi connectivity index (χ1n) is 7.41. The zero-order valence-corrected chi connectivity index (χ0v) is 12.5. The second-order valence-electron chi connectivity index (χ2n) is 5.47. The lowest BCUT2D eigenvalue weighted by Crippen LogP contribution is -3.17. The zero-order chi connectivity index (χ0) is 15.5. The summed E-state index contributed by atoms with van der Waals surface area (Å²) in [6, 6.07) is 9.50. The number of nitriles is 1. The third-order valence-electron chi connectivity index (χ3n) is 4.15. The lowest BCUT2D eigenvalue weighted by molar-refractivity contribution is -0.926. The van der Waals surface area contributed by atoms with Crippen molar-refractivity contribution in [1.82, 2.24) is 9.97 Å². The number of quaternary nitrogens is 1. The van der Waals surface area contributed by atoms with Crippen LogP contribution in [0.3, 0.4) is 0 Å². The Labute approximate surface area is 128 Å². The molecule has 1 aliphatic rings. The fraction of sp³-hybridized carbons (Fsp3) is 0.375. The fourth-order valence-corrected chi connectivity index (χ4v) is 2.78. The smallest absolute Gasteiger partial charge is 0.172 e. The highest BCUT2D eigenvalue weighted by Gasteiger charge is 2.27. The van der Waals surface area contributed by atoms with E-state index in [2.05, 4.69) is 16.0 Å². The molecule has 6 nitrogen and oxygen atoms in total. The number of aliphatic hydroxyl groups excluding tert-OH is 1. The van der Waals surface area contributed by atoms with Crippen molar-refractivity contribution in [2.75, 3.05) is 26.3 Å². The van der Waals surface area contributed by atoms with Gasteiger partial charge in [-0.3, -0.25) is 0 Å². The van der Waals surface area contributed by atoms with Crippen molar-refractivity contribution < 1.29 is 14.7 Å². The number of imidazole rings is 1. The van der Waals surface area contributed by atoms with E-state index < -0.39 is 0 Å². The van der Waals surface area contributed by atoms with Gasteiger partial charge in [0.2, 0.25) is 0 Å². The lowest BCUT2D eigenvalue weighted by atomic mass is 10.1. The molecule has 0 unspecified atom stereocenters. The summed E-state index contributed by atoms with van der Waals surface area (Å²) in [6.07, 6.45) is 0. The monoisotopic (exact) mass is 299 g/mol. The molecule has 0 amide bonds. The van der Waals surface area contributed by atoms with Gasteiger partial charge in [0.25, 0.3) is 0 Å². The van der Waals surface area contributed by atoms with Crippen molar-refractivity contribution in [3.8, 4) is 6.07 Å². The van der Waals surface area contributed by atoms with Gasteiger partial charge in [-0.25, -0.2) is 4.98 Å². The average molecular weight is 299 g/mol. The first-order valence-corrected chi connectivity index (χ1v) is 7.41. The molecule has 0 aliphatic carbocycles. The number of aromatic amines is 1. The van der Waals surface area contributed by atoms with Crippen LogP contribution in [0.4, 0.5) is 0 Å². The molecule has 3 rings (SSSR count). The maximum Gasteiger partial charge on any atom is 0.172 e. The summed E-state index contributed by atoms with van der Waals surface area (Å²) in [7, 11) is 0. The van der Waals surface area contributed by atoms with Crippen LogP contribution in [0.15, 0.2) is 30.0 Å². The molecule has 1 aliphatic heterocycles. The SMILES string of the molecule is C[C@@H](/C(O)=C(\C#N)c1nc2ccccc2[nH]1)[NH+]1CCOCC1. The van der Waals surface area contributed by atoms with E-state index in [1.54, 1.807) is 0 Å². The van der Waals surface area contributed by atoms with Gasteiger partial charge in [-0.1, -0.05) is 12.1 Å². The summed E-state index contributed by atoms with van der Waals surface area (Å²) in [5.41, 5.74) is 1.84. The first kappa shape index (κ1) is 14.6. The molecule has 114 valence electrons. The van der Waals surface area contributed by atoms with Gasteiger partial charge < -0.3 is 19.7 Å². The minimum Gasteiger partial charge on any atom is -0.505 e. The number of aromatic nitrogens is 2. The number of hydrogen-bond donors (Lipinski definition) is 3. The van der Waals surface area contributed by atoms with Gasteiger partial charge in [0, 0.05) is 0 Å². The highest BCUT2D eigenvalue weighted by molar-refractivity contribution is 5.82. The van der Waals surface area contributed by atoms with Crippen molar-refractivity contribution in [1.29, 1.82) is 5.26 Å². The number of fused-ring (bicyclic) bond motifs is 1. The Kier molecular flexibility index (Phi) is 4.09. The standard InChI is InChI=1S/C16H18N4O2/c1-11(20-6-8-22-9-7-20)15(21)12(10-17)16-18-13-4-2-3-5-14(13)19-16/h2-5,11,21H,6-9H2,1H3,(H,18,19)/p+1/b15-12-/t11-/m0/s1. The maximum atomic E-state index is 10.5. The number of hydrogen-bond acceptors (Lipinski definition) is 4. The van der Waals surface area contributed by atoms with Gasteiger partial charge in [-0.05, 0) is 19.1 Å². The Morgan fingerprint density at radius 3 is 2.82 bits per heavy atom. The summed E-state index contributed by atoms with van der Waals surface area (Å²) in [4.78, 5) is 8.72. The minimum absolute atomic E-state index is 0.0819. The molecule has 6 heteroatoms. The van der Waals surface area contributed by atoms with E-state index in [-0.39, 0.29) is 17.4 Å². The number of allylic oxidation sites excluding steroid dienone is 1. The molecule has 2 heterocycles. The largest absolute Gasteiger partial charge is 0.505 e. The van der Waals surface area contributed by atoms with Crippen molar-refractivity contribution in [2.45, 2.75) is 13.0 Å². The number of aliphatic hydroxyl groups is 1. The van der Waals surface area contributed by atoms with Gasteiger partial charge in [-0.2, -0.15) is 5.26 Å². The summed E-state index contributed by atoms with van der Waals surface area (Å²) in [5.74, 6) is 0.499. The molecular weight excluding hydrogens is 280 g/mol. The Morgan fingerprint density at radius 1 is 1.41 bits per heavy atom. The van der Waals surface area contributed by atoms with Crippen LogP contribution in [0.2, 0.25) is 0 Å². The molecular formula is C16H19N4O2+. The molecule has 0 bridgehead atoms. The van der Waals surface area contributed by atoms with Crippen LogP contribution < -0.4 is 4.90 Å². The Morgan fingerprint density at radius 2 is 2.14 bits per heavy atom. The van der Waals surface area contributed by atoms with Crippen molar-refractivity contribution in [3.05, 3.63) is 35.8 Å². The third kappa shape index (κ3) is 2.69. The van der Waals surface area contributed by atoms with E-state index in [0.29, 0.717) is 19.0 Å². The predicted octanol–water partition coefficient (Wildman–Crippen LogP) is 0.659. The first-order chi connectivity index (χ1) is 10.7. The van der Waals surface area contributed by atoms with E-state index in [9.17, 15) is 10.4 Å². The molecule has 3 N–H and O–H groups in total. The summed E-state index contributed by atoms with van der Waals surface area (Å²) < 4.78 is 5.34. The van der Waals surface area contributed by atoms with Crippen LogP contribution in [0.25, 0.3) is 16.6 Å². The van der Waals surface area contributed by atoms with Crippen LogP contribution in [0.5, 0.6) is 0 Å². The van der Waals surface area contributed by atoms with Crippen molar-refractivity contribution in [2.24, 2.45) is 0 Å². The van der Waals surface area contributed by atoms with Gasteiger partial charge in [0.1, 0.15) is 30.8 Å². The van der Waals surface area contributed by atoms with E-state index in [1.165, 1.54) is 4.90 Å². The van der Waals surface area contributed by atoms with Crippen LogP contribution >= 0.6 is 0 Å². The molecule has 2 aromatic rings. The highest BCUT2D eigenvalue weighted by atomic mass is 16.5. The summed E-state index contributed by atoms with van der Waals surface area (Å²) >= 11 is 0. The Balaban J connectivity index is 1.95. The summed E-state index contributed by atoms with van der Waals surface area (Å²) in [6.45, 7) is 4.93. The third-order valence-corrected chi connectivity index (χ3v) is 4.15. The number of H-pyrrole nitrogens is 1. The van der Waals surface area contributed by atoms with E-state index in [0.717, 1.165) is 24.1 Å². The number of ether oxygens (including phenoxy) is 1. The summed E-state index contributed by atoms with van der Waals surface area (Å²) in [5, 5.41) is 20.0. The fourth-order valence-electron chi connectivity index (χ4n) is 2.78. The van der Waals surface area contributed by atoms with Crippen molar-refractivity contribution >= 4 is 16.6 Å². The lowest BCUT2D eigenvalue weighted by Gasteiger charge is -2.29. The number of rotatable bonds is 3. The molecule has 0 radical (unpaired) electrons. The van der Waals surface area contributed by atoms with Gasteiger partial charge in [-0.15, -0.1) is 0 Å². The molecule has 1 aromatic carbocycles. The zero-order valence-electron chi connectivity index (χ0n) is 12.5. The molecule has 22 heavy (non-hydrogen) atoms. The van der Waals surface area contributed by atoms with Crippen LogP contribution in [0, 0.1) is 11.3 Å². The van der Waals surface area contributed by atoms with E-state index >= 15 is 0 Å². The minimum atomic E-state index is -0.160. The van der Waals surface area contributed by atoms with Gasteiger partial charge in [0.15, 0.2) is 11.6 Å². The number of morpholine rings is 1. The molecule has 1 aromatic heterocycles. The molecule has 1 saturated heterocycles. The van der Waals surface area contributed by atoms with Crippen LogP contribution in [-0.4, -0.2) is 47.4 Å². The quantitative estimate of drug-likeness (QED) is 0.574. The Hall–Kier alpha value is -2.36. The predicted molar refractivity (Wildman–Crippen MR) is 82.2 cm³/mol. The number of nitrogens with one attached hydrogen (secondary N) is 2. The van der Waals surface area contributed by atoms with Crippen molar-refractivity contribution in [3.63, 3.8) is 0 Å². The second-order valence-corrected chi connectivity index (χ2v) is 5.47. The molecule has 0 saturated carbocycles. The number of nitrogens with zero attached hydrogens (tertiary/aromatic N) is 2.